The van der Waals surface area contributed by atoms with Crippen LogP contribution in [-0.4, -0.2) is 104 Å². The van der Waals surface area contributed by atoms with Crippen molar-refractivity contribution in [3.63, 3.8) is 0 Å². The molecule has 0 aromatic carbocycles. The van der Waals surface area contributed by atoms with E-state index in [4.69, 9.17) is 14.0 Å². The topological polar surface area (TPSA) is 341 Å². The monoisotopic (exact) mass is 694 g/mol. The largest absolute Gasteiger partial charge is 0.487 e. The molecule has 0 amide bonds. The van der Waals surface area contributed by atoms with Crippen molar-refractivity contribution in [2.75, 3.05) is 13.2 Å². The van der Waals surface area contributed by atoms with E-state index in [1.807, 2.05) is 9.97 Å². The number of phosphoric acid groups is 2. The Bertz CT molecular complexity index is 1660. The summed E-state index contributed by atoms with van der Waals surface area (Å²) in [5.74, 6) is 0. The van der Waals surface area contributed by atoms with E-state index in [1.54, 1.807) is 0 Å². The second-order valence-corrected chi connectivity index (χ2v) is 13.2. The lowest BCUT2D eigenvalue weighted by Gasteiger charge is -2.20. The fraction of sp³-hybridized carbons (Fsp3) is 0.556. The van der Waals surface area contributed by atoms with Crippen LogP contribution in [0.3, 0.4) is 0 Å². The second-order valence-electron chi connectivity index (χ2n) is 9.06. The van der Waals surface area contributed by atoms with Gasteiger partial charge in [0.2, 0.25) is 0 Å². The number of ether oxygens (including phenoxy) is 2. The molecule has 26 heteroatoms. The normalized spacial score (nSPS) is 32.2. The molecule has 4 rings (SSSR count). The molecule has 23 nitrogen and oxygen atoms in total. The highest BCUT2D eigenvalue weighted by molar-refractivity contribution is 7.65. The summed E-state index contributed by atoms with van der Waals surface area (Å²) >= 11 is 0. The zero-order valence-corrected chi connectivity index (χ0v) is 24.3. The van der Waals surface area contributed by atoms with Crippen LogP contribution in [0, 0.1) is 0 Å². The molecule has 2 saturated heterocycles. The zero-order chi connectivity index (χ0) is 32.6. The van der Waals surface area contributed by atoms with E-state index in [2.05, 4.69) is 13.1 Å². The summed E-state index contributed by atoms with van der Waals surface area (Å²) in [4.78, 5) is 79.6. The molecule has 2 aromatic rings. The maximum absolute atomic E-state index is 12.2. The SMILES string of the molecule is O=c1ccn([C@@H]2O[C@H](CO[P@@](O)OP(=O)(O)OP(=O)(O)OC[C@H]3O[C@@H](n4ccc(=O)[nH]c4=O)[C@H](O)[C@@H]3O)[C@@H](O)[C@H]2O)c(=O)[nH]1. The lowest BCUT2D eigenvalue weighted by molar-refractivity contribution is -0.0544. The molecule has 246 valence electrons. The molecule has 0 radical (unpaired) electrons. The van der Waals surface area contributed by atoms with E-state index in [-0.39, 0.29) is 0 Å². The van der Waals surface area contributed by atoms with Gasteiger partial charge in [0.15, 0.2) is 12.5 Å². The lowest BCUT2D eigenvalue weighted by atomic mass is 10.1. The van der Waals surface area contributed by atoms with E-state index in [0.717, 1.165) is 29.1 Å². The average molecular weight is 694 g/mol. The van der Waals surface area contributed by atoms with Crippen molar-refractivity contribution < 1.29 is 71.4 Å². The Morgan fingerprint density at radius 2 is 1.23 bits per heavy atom. The van der Waals surface area contributed by atoms with Gasteiger partial charge in [0.25, 0.3) is 11.1 Å². The lowest BCUT2D eigenvalue weighted by Crippen LogP contribution is -2.37. The number of H-pyrrole nitrogens is 2. The molecule has 9 N–H and O–H groups in total. The van der Waals surface area contributed by atoms with E-state index >= 15 is 0 Å². The number of rotatable bonds is 12. The molecule has 2 aliphatic heterocycles. The Balaban J connectivity index is 1.28. The van der Waals surface area contributed by atoms with Crippen LogP contribution in [0.1, 0.15) is 12.5 Å². The van der Waals surface area contributed by atoms with Gasteiger partial charge in [0.05, 0.1) is 13.2 Å². The number of aromatic amines is 2. The minimum Gasteiger partial charge on any atom is -0.387 e. The molecule has 11 atom stereocenters. The summed E-state index contributed by atoms with van der Waals surface area (Å²) in [6.45, 7) is -1.87. The molecule has 44 heavy (non-hydrogen) atoms. The van der Waals surface area contributed by atoms with Crippen LogP contribution < -0.4 is 22.5 Å². The van der Waals surface area contributed by atoms with Gasteiger partial charge in [0, 0.05) is 24.5 Å². The standard InChI is InChI=1S/C18H25N4O19P3/c23-9-1-3-21(17(29)19-9)15-13(27)11(25)7(38-15)5-36-42(31)40-44(34,35)41-43(32,33)37-6-8-12(26)14(28)16(39-8)22-4-2-10(24)20-18(22)30/h1-4,7-8,11-16,25-28,31H,5-6H2,(H,32,33)(H,34,35)(H,19,23,29)(H,20,24,30)/t7-,8-,11-,12-,13-,14-,15-,16-,42-/m1/s1. The summed E-state index contributed by atoms with van der Waals surface area (Å²) < 4.78 is 54.0. The van der Waals surface area contributed by atoms with Gasteiger partial charge >= 0.3 is 35.6 Å². The van der Waals surface area contributed by atoms with Gasteiger partial charge in [-0.1, -0.05) is 0 Å². The average Bonchev–Trinajstić information content (AvgIpc) is 3.35. The Kier molecular flexibility index (Phi) is 10.7. The highest BCUT2D eigenvalue weighted by Crippen LogP contribution is 2.65. The molecular weight excluding hydrogens is 669 g/mol. The number of nitrogens with zero attached hydrogens (tertiary/aromatic N) is 2. The van der Waals surface area contributed by atoms with E-state index in [1.165, 1.54) is 0 Å². The maximum atomic E-state index is 12.2. The molecule has 0 bridgehead atoms. The third-order valence-corrected chi connectivity index (χ3v) is 9.94. The molecule has 2 aromatic heterocycles. The molecule has 0 saturated carbocycles. The maximum Gasteiger partial charge on any atom is 0.487 e. The number of nitrogens with one attached hydrogen (secondary N) is 2. The van der Waals surface area contributed by atoms with Crippen molar-refractivity contribution >= 4 is 24.2 Å². The van der Waals surface area contributed by atoms with Crippen molar-refractivity contribution in [3.8, 4) is 0 Å². The minimum atomic E-state index is -5.64. The Morgan fingerprint density at radius 1 is 0.773 bits per heavy atom. The third kappa shape index (κ3) is 8.11. The molecule has 0 aliphatic carbocycles. The summed E-state index contributed by atoms with van der Waals surface area (Å²) in [6.07, 6.45) is -11.2. The van der Waals surface area contributed by atoms with Crippen LogP contribution in [0.4, 0.5) is 0 Å². The number of aliphatic hydroxyl groups is 4. The summed E-state index contributed by atoms with van der Waals surface area (Å²) in [5.41, 5.74) is -3.50. The van der Waals surface area contributed by atoms with Gasteiger partial charge in [-0.05, 0) is 0 Å². The van der Waals surface area contributed by atoms with Gasteiger partial charge in [-0.15, -0.1) is 0 Å². The Labute approximate surface area is 243 Å². The first-order valence-electron chi connectivity index (χ1n) is 12.0. The van der Waals surface area contributed by atoms with Crippen LogP contribution in [0.15, 0.2) is 43.7 Å². The molecular formula is C18H25N4O19P3. The second kappa shape index (κ2) is 13.6. The summed E-state index contributed by atoms with van der Waals surface area (Å²) in [6, 6.07) is 1.86. The summed E-state index contributed by atoms with van der Waals surface area (Å²) in [7, 11) is -14.5. The van der Waals surface area contributed by atoms with Crippen LogP contribution in [0.2, 0.25) is 0 Å². The predicted octanol–water partition coefficient (Wildman–Crippen LogP) is -4.19. The first kappa shape index (κ1) is 34.6. The van der Waals surface area contributed by atoms with Crippen LogP contribution in [0.25, 0.3) is 0 Å². The first-order chi connectivity index (χ1) is 20.5. The smallest absolute Gasteiger partial charge is 0.387 e. The van der Waals surface area contributed by atoms with E-state index in [9.17, 15) is 63.4 Å². The number of hydrogen-bond donors (Lipinski definition) is 9. The Hall–Kier alpha value is -2.27. The molecule has 2 unspecified atom stereocenters. The molecule has 2 fully saturated rings. The molecule has 0 spiro atoms. The first-order valence-corrected chi connectivity index (χ1v) is 16.1. The summed E-state index contributed by atoms with van der Waals surface area (Å²) in [5, 5.41) is 40.7. The van der Waals surface area contributed by atoms with Gasteiger partial charge in [-0.2, -0.15) is 4.31 Å². The van der Waals surface area contributed by atoms with E-state index < -0.39 is 109 Å². The van der Waals surface area contributed by atoms with Crippen molar-refractivity contribution in [1.29, 1.82) is 0 Å². The third-order valence-electron chi connectivity index (χ3n) is 6.06. The van der Waals surface area contributed by atoms with Gasteiger partial charge in [-0.3, -0.25) is 33.2 Å². The van der Waals surface area contributed by atoms with E-state index in [0.29, 0.717) is 4.57 Å². The highest BCUT2D eigenvalue weighted by atomic mass is 31.3. The fourth-order valence-corrected chi connectivity index (χ4v) is 7.16. The van der Waals surface area contributed by atoms with Gasteiger partial charge in [0.1, 0.15) is 36.6 Å². The Morgan fingerprint density at radius 3 is 1.68 bits per heavy atom. The molecule has 2 aliphatic rings. The van der Waals surface area contributed by atoms with Gasteiger partial charge in [-0.25, -0.2) is 23.0 Å². The number of hydrogen-bond acceptors (Lipinski definition) is 17. The van der Waals surface area contributed by atoms with Crippen LogP contribution in [0.5, 0.6) is 0 Å². The predicted molar refractivity (Wildman–Crippen MR) is 137 cm³/mol. The van der Waals surface area contributed by atoms with Crippen molar-refractivity contribution in [2.24, 2.45) is 0 Å². The van der Waals surface area contributed by atoms with Crippen molar-refractivity contribution in [3.05, 3.63) is 66.2 Å². The number of phosphoric ester groups is 1. The van der Waals surface area contributed by atoms with Crippen LogP contribution in [-0.2, 0) is 36.3 Å². The number of aromatic nitrogens is 4. The highest BCUT2D eigenvalue weighted by Gasteiger charge is 2.47. The van der Waals surface area contributed by atoms with Crippen molar-refractivity contribution in [2.45, 2.75) is 49.1 Å². The fourth-order valence-electron chi connectivity index (χ4n) is 4.03. The van der Waals surface area contributed by atoms with Crippen LogP contribution >= 0.6 is 24.2 Å². The van der Waals surface area contributed by atoms with Crippen molar-refractivity contribution in [1.82, 2.24) is 19.1 Å². The van der Waals surface area contributed by atoms with Gasteiger partial charge < -0.3 is 49.1 Å². The number of aliphatic hydroxyl groups excluding tert-OH is 4. The molecule has 4 heterocycles. The zero-order valence-electron chi connectivity index (χ0n) is 21.6. The quantitative estimate of drug-likeness (QED) is 0.0951. The minimum absolute atomic E-state index is 0.712.